The van der Waals surface area contributed by atoms with E-state index in [0.717, 1.165) is 32.5 Å². The van der Waals surface area contributed by atoms with Crippen LogP contribution < -0.4 is 0 Å². The van der Waals surface area contributed by atoms with Crippen molar-refractivity contribution >= 4 is 6.29 Å². The van der Waals surface area contributed by atoms with Crippen LogP contribution in [-0.2, 0) is 4.79 Å². The SMILES string of the molecule is CCC1CN(CCC=O)CCN1C. The number of carbonyl (C=O) groups excluding carboxylic acids is 1. The fourth-order valence-corrected chi connectivity index (χ4v) is 1.89. The predicted octanol–water partition coefficient (Wildman–Crippen LogP) is 0.601. The first-order valence-corrected chi connectivity index (χ1v) is 5.14. The lowest BCUT2D eigenvalue weighted by atomic mass is 10.1. The average Bonchev–Trinajstić information content (AvgIpc) is 2.16. The zero-order valence-corrected chi connectivity index (χ0v) is 8.70. The Bertz CT molecular complexity index is 161. The van der Waals surface area contributed by atoms with E-state index < -0.39 is 0 Å². The number of hydrogen-bond acceptors (Lipinski definition) is 3. The van der Waals surface area contributed by atoms with Gasteiger partial charge >= 0.3 is 0 Å². The molecule has 13 heavy (non-hydrogen) atoms. The second-order valence-electron chi connectivity index (χ2n) is 3.80. The van der Waals surface area contributed by atoms with Gasteiger partial charge in [-0.25, -0.2) is 0 Å². The molecule has 1 rings (SSSR count). The Kier molecular flexibility index (Phi) is 4.39. The lowest BCUT2D eigenvalue weighted by Crippen LogP contribution is -2.51. The maximum absolute atomic E-state index is 10.2. The molecule has 0 aliphatic carbocycles. The largest absolute Gasteiger partial charge is 0.303 e. The van der Waals surface area contributed by atoms with E-state index in [1.165, 1.54) is 6.42 Å². The molecule has 0 saturated carbocycles. The Labute approximate surface area is 80.7 Å². The molecule has 1 heterocycles. The summed E-state index contributed by atoms with van der Waals surface area (Å²) in [5.74, 6) is 0. The predicted molar refractivity (Wildman–Crippen MR) is 53.8 cm³/mol. The normalized spacial score (nSPS) is 26.2. The highest BCUT2D eigenvalue weighted by Gasteiger charge is 2.21. The summed E-state index contributed by atoms with van der Waals surface area (Å²) in [6.07, 6.45) is 2.90. The summed E-state index contributed by atoms with van der Waals surface area (Å²) in [5.41, 5.74) is 0. The van der Waals surface area contributed by atoms with Gasteiger partial charge in [0.2, 0.25) is 0 Å². The van der Waals surface area contributed by atoms with Gasteiger partial charge in [-0.1, -0.05) is 6.92 Å². The highest BCUT2D eigenvalue weighted by atomic mass is 16.1. The number of piperazine rings is 1. The van der Waals surface area contributed by atoms with E-state index in [1.54, 1.807) is 0 Å². The van der Waals surface area contributed by atoms with Gasteiger partial charge in [-0.3, -0.25) is 0 Å². The zero-order chi connectivity index (χ0) is 9.68. The van der Waals surface area contributed by atoms with Gasteiger partial charge in [0.15, 0.2) is 0 Å². The number of aldehydes is 1. The molecule has 0 amide bonds. The second-order valence-corrected chi connectivity index (χ2v) is 3.80. The Morgan fingerprint density at radius 1 is 1.46 bits per heavy atom. The van der Waals surface area contributed by atoms with Gasteiger partial charge < -0.3 is 14.6 Å². The van der Waals surface area contributed by atoms with Gasteiger partial charge in [0, 0.05) is 38.6 Å². The number of likely N-dealkylation sites (N-methyl/N-ethyl adjacent to an activating group) is 1. The lowest BCUT2D eigenvalue weighted by Gasteiger charge is -2.38. The van der Waals surface area contributed by atoms with E-state index in [2.05, 4.69) is 23.8 Å². The lowest BCUT2D eigenvalue weighted by molar-refractivity contribution is -0.108. The number of carbonyl (C=O) groups is 1. The first kappa shape index (κ1) is 10.7. The molecule has 0 N–H and O–H groups in total. The summed E-state index contributed by atoms with van der Waals surface area (Å²) in [5, 5.41) is 0. The van der Waals surface area contributed by atoms with Crippen LogP contribution >= 0.6 is 0 Å². The van der Waals surface area contributed by atoms with Crippen LogP contribution in [0.4, 0.5) is 0 Å². The third-order valence-electron chi connectivity index (χ3n) is 2.90. The molecule has 0 spiro atoms. The van der Waals surface area contributed by atoms with E-state index in [1.807, 2.05) is 0 Å². The fourth-order valence-electron chi connectivity index (χ4n) is 1.89. The Morgan fingerprint density at radius 2 is 2.23 bits per heavy atom. The molecule has 1 atom stereocenters. The minimum Gasteiger partial charge on any atom is -0.303 e. The van der Waals surface area contributed by atoms with Gasteiger partial charge in [0.05, 0.1) is 0 Å². The maximum atomic E-state index is 10.2. The first-order valence-electron chi connectivity index (χ1n) is 5.14. The van der Waals surface area contributed by atoms with Crippen molar-refractivity contribution in [2.75, 3.05) is 33.2 Å². The molecule has 0 radical (unpaired) electrons. The van der Waals surface area contributed by atoms with Crippen LogP contribution in [0.3, 0.4) is 0 Å². The van der Waals surface area contributed by atoms with Crippen molar-refractivity contribution in [2.24, 2.45) is 0 Å². The molecule has 3 heteroatoms. The molecule has 76 valence electrons. The molecular formula is C10H20N2O. The molecule has 0 aromatic heterocycles. The molecule has 3 nitrogen and oxygen atoms in total. The Hall–Kier alpha value is -0.410. The van der Waals surface area contributed by atoms with Crippen LogP contribution in [0.15, 0.2) is 0 Å². The van der Waals surface area contributed by atoms with E-state index in [0.29, 0.717) is 12.5 Å². The number of hydrogen-bond donors (Lipinski definition) is 0. The van der Waals surface area contributed by atoms with Gasteiger partial charge in [-0.05, 0) is 13.5 Å². The van der Waals surface area contributed by atoms with Crippen molar-refractivity contribution in [1.29, 1.82) is 0 Å². The van der Waals surface area contributed by atoms with Crippen molar-refractivity contribution < 1.29 is 4.79 Å². The fraction of sp³-hybridized carbons (Fsp3) is 0.900. The second kappa shape index (κ2) is 5.35. The highest BCUT2D eigenvalue weighted by Crippen LogP contribution is 2.10. The van der Waals surface area contributed by atoms with Crippen molar-refractivity contribution in [1.82, 2.24) is 9.80 Å². The average molecular weight is 184 g/mol. The minimum atomic E-state index is 0.681. The van der Waals surface area contributed by atoms with Gasteiger partial charge in [-0.2, -0.15) is 0 Å². The third kappa shape index (κ3) is 3.08. The summed E-state index contributed by atoms with van der Waals surface area (Å²) in [6, 6.07) is 0.681. The Balaban J connectivity index is 2.31. The molecule has 0 bridgehead atoms. The van der Waals surface area contributed by atoms with Crippen LogP contribution in [0.2, 0.25) is 0 Å². The minimum absolute atomic E-state index is 0.681. The molecule has 1 fully saturated rings. The first-order chi connectivity index (χ1) is 6.27. The van der Waals surface area contributed by atoms with Crippen molar-refractivity contribution in [3.05, 3.63) is 0 Å². The number of nitrogens with zero attached hydrogens (tertiary/aromatic N) is 2. The van der Waals surface area contributed by atoms with Crippen LogP contribution in [0.25, 0.3) is 0 Å². The summed E-state index contributed by atoms with van der Waals surface area (Å²) in [4.78, 5) is 15.0. The molecule has 0 aromatic rings. The van der Waals surface area contributed by atoms with Crippen molar-refractivity contribution in [2.45, 2.75) is 25.8 Å². The van der Waals surface area contributed by atoms with E-state index in [4.69, 9.17) is 0 Å². The van der Waals surface area contributed by atoms with Crippen molar-refractivity contribution in [3.63, 3.8) is 0 Å². The van der Waals surface area contributed by atoms with Gasteiger partial charge in [0.1, 0.15) is 6.29 Å². The summed E-state index contributed by atoms with van der Waals surface area (Å²) < 4.78 is 0. The molecule has 1 saturated heterocycles. The van der Waals surface area contributed by atoms with Gasteiger partial charge in [0.25, 0.3) is 0 Å². The molecule has 1 unspecified atom stereocenters. The summed E-state index contributed by atoms with van der Waals surface area (Å²) in [6.45, 7) is 6.54. The molecular weight excluding hydrogens is 164 g/mol. The third-order valence-corrected chi connectivity index (χ3v) is 2.90. The van der Waals surface area contributed by atoms with Crippen molar-refractivity contribution in [3.8, 4) is 0 Å². The summed E-state index contributed by atoms with van der Waals surface area (Å²) >= 11 is 0. The van der Waals surface area contributed by atoms with Crippen LogP contribution in [0, 0.1) is 0 Å². The smallest absolute Gasteiger partial charge is 0.121 e. The van der Waals surface area contributed by atoms with Crippen LogP contribution in [0.1, 0.15) is 19.8 Å². The number of rotatable bonds is 4. The molecule has 0 aromatic carbocycles. The van der Waals surface area contributed by atoms with E-state index >= 15 is 0 Å². The van der Waals surface area contributed by atoms with Crippen LogP contribution in [-0.4, -0.2) is 55.4 Å². The van der Waals surface area contributed by atoms with E-state index in [9.17, 15) is 4.79 Å². The standard InChI is InChI=1S/C10H20N2O/c1-3-10-9-12(5-4-8-13)7-6-11(10)2/h8,10H,3-7,9H2,1-2H3. The quantitative estimate of drug-likeness (QED) is 0.598. The maximum Gasteiger partial charge on any atom is 0.121 e. The molecule has 1 aliphatic heterocycles. The summed E-state index contributed by atoms with van der Waals surface area (Å²) in [7, 11) is 2.19. The topological polar surface area (TPSA) is 23.6 Å². The van der Waals surface area contributed by atoms with Gasteiger partial charge in [-0.15, -0.1) is 0 Å². The molecule has 1 aliphatic rings. The zero-order valence-electron chi connectivity index (χ0n) is 8.70. The Morgan fingerprint density at radius 3 is 2.85 bits per heavy atom. The van der Waals surface area contributed by atoms with Crippen LogP contribution in [0.5, 0.6) is 0 Å². The van der Waals surface area contributed by atoms with E-state index in [-0.39, 0.29) is 0 Å². The highest BCUT2D eigenvalue weighted by molar-refractivity contribution is 5.49. The monoisotopic (exact) mass is 184 g/mol.